The Morgan fingerprint density at radius 2 is 2.28 bits per heavy atom. The first kappa shape index (κ1) is 12.6. The highest BCUT2D eigenvalue weighted by atomic mass is 32.1. The number of nitrogens with one attached hydrogen (secondary N) is 1. The highest BCUT2D eigenvalue weighted by molar-refractivity contribution is 7.18. The Morgan fingerprint density at radius 1 is 1.56 bits per heavy atom. The second-order valence-electron chi connectivity index (χ2n) is 3.86. The number of aryl methyl sites for hydroxylation is 2. The topological polar surface area (TPSA) is 98.1 Å². The molecule has 0 spiro atoms. The predicted octanol–water partition coefficient (Wildman–Crippen LogP) is 0.981. The quantitative estimate of drug-likeness (QED) is 0.808. The van der Waals surface area contributed by atoms with Crippen molar-refractivity contribution in [3.8, 4) is 0 Å². The summed E-state index contributed by atoms with van der Waals surface area (Å²) in [4.78, 5) is 31.0. The second-order valence-corrected chi connectivity index (χ2v) is 4.94. The van der Waals surface area contributed by atoms with E-state index in [2.05, 4.69) is 14.7 Å². The van der Waals surface area contributed by atoms with Crippen molar-refractivity contribution >= 4 is 33.5 Å². The maximum absolute atomic E-state index is 11.8. The molecule has 0 radical (unpaired) electrons. The standard InChI is InChI=1S/C11H13N3O3S/c1-5-6(3-4-7(15)17-2)18-10-8(5)9(16)13-11(12)14-10/h3-4H2,1-2H3,(H3,12,13,14,16). The molecule has 3 N–H and O–H groups in total. The monoisotopic (exact) mass is 267 g/mol. The normalized spacial score (nSPS) is 10.8. The zero-order valence-corrected chi connectivity index (χ0v) is 10.9. The molecule has 6 nitrogen and oxygen atoms in total. The van der Waals surface area contributed by atoms with Gasteiger partial charge in [0.1, 0.15) is 4.83 Å². The van der Waals surface area contributed by atoms with Gasteiger partial charge in [0.15, 0.2) is 0 Å². The maximum Gasteiger partial charge on any atom is 0.305 e. The number of carbonyl (C=O) groups excluding carboxylic acids is 1. The molecule has 2 aromatic heterocycles. The minimum atomic E-state index is -0.270. The third-order valence-electron chi connectivity index (χ3n) is 2.70. The number of aromatic nitrogens is 2. The average molecular weight is 267 g/mol. The van der Waals surface area contributed by atoms with E-state index in [1.165, 1.54) is 18.4 Å². The molecule has 0 saturated heterocycles. The van der Waals surface area contributed by atoms with Crippen molar-refractivity contribution in [1.29, 1.82) is 0 Å². The summed E-state index contributed by atoms with van der Waals surface area (Å²) in [6.45, 7) is 1.85. The maximum atomic E-state index is 11.8. The van der Waals surface area contributed by atoms with Gasteiger partial charge in [-0.05, 0) is 18.9 Å². The van der Waals surface area contributed by atoms with Crippen molar-refractivity contribution < 1.29 is 9.53 Å². The number of H-pyrrole nitrogens is 1. The van der Waals surface area contributed by atoms with Gasteiger partial charge >= 0.3 is 5.97 Å². The minimum absolute atomic E-state index is 0.105. The van der Waals surface area contributed by atoms with Crippen LogP contribution < -0.4 is 11.3 Å². The summed E-state index contributed by atoms with van der Waals surface area (Å²) in [6.07, 6.45) is 0.830. The largest absolute Gasteiger partial charge is 0.469 e. The van der Waals surface area contributed by atoms with E-state index in [0.717, 1.165) is 10.4 Å². The first-order valence-electron chi connectivity index (χ1n) is 5.37. The third-order valence-corrected chi connectivity index (χ3v) is 3.95. The summed E-state index contributed by atoms with van der Waals surface area (Å²) in [5, 5.41) is 0.550. The van der Waals surface area contributed by atoms with Crippen LogP contribution in [0.1, 0.15) is 16.9 Å². The Hall–Kier alpha value is -1.89. The van der Waals surface area contributed by atoms with Crippen molar-refractivity contribution in [2.75, 3.05) is 12.8 Å². The lowest BCUT2D eigenvalue weighted by atomic mass is 10.1. The fraction of sp³-hybridized carbons (Fsp3) is 0.364. The fourth-order valence-corrected chi connectivity index (χ4v) is 2.95. The number of carbonyl (C=O) groups is 1. The Kier molecular flexibility index (Phi) is 3.33. The van der Waals surface area contributed by atoms with Crippen molar-refractivity contribution in [1.82, 2.24) is 9.97 Å². The van der Waals surface area contributed by atoms with E-state index in [9.17, 15) is 9.59 Å². The number of nitrogens with zero attached hydrogens (tertiary/aromatic N) is 1. The first-order chi connectivity index (χ1) is 8.52. The van der Waals surface area contributed by atoms with Crippen LogP contribution in [-0.2, 0) is 16.0 Å². The Morgan fingerprint density at radius 3 is 2.94 bits per heavy atom. The Labute approximate surface area is 107 Å². The van der Waals surface area contributed by atoms with Gasteiger partial charge in [0.2, 0.25) is 5.95 Å². The highest BCUT2D eigenvalue weighted by Crippen LogP contribution is 2.28. The molecule has 2 aromatic rings. The van der Waals surface area contributed by atoms with Gasteiger partial charge in [0.05, 0.1) is 18.9 Å². The molecular weight excluding hydrogens is 254 g/mol. The molecule has 0 fully saturated rings. The summed E-state index contributed by atoms with van der Waals surface area (Å²) >= 11 is 1.39. The van der Waals surface area contributed by atoms with E-state index in [1.807, 2.05) is 6.92 Å². The molecule has 96 valence electrons. The molecule has 0 unspecified atom stereocenters. The van der Waals surface area contributed by atoms with Crippen molar-refractivity contribution in [3.63, 3.8) is 0 Å². The molecule has 0 saturated carbocycles. The van der Waals surface area contributed by atoms with Gasteiger partial charge < -0.3 is 10.5 Å². The number of esters is 1. The predicted molar refractivity (Wildman–Crippen MR) is 69.7 cm³/mol. The van der Waals surface area contributed by atoms with Crippen LogP contribution in [0.3, 0.4) is 0 Å². The van der Waals surface area contributed by atoms with Crippen LogP contribution in [0.4, 0.5) is 5.95 Å². The number of methoxy groups -OCH3 is 1. The lowest BCUT2D eigenvalue weighted by molar-refractivity contribution is -0.140. The number of hydrogen-bond donors (Lipinski definition) is 2. The molecular formula is C11H13N3O3S. The third kappa shape index (κ3) is 2.21. The van der Waals surface area contributed by atoms with Crippen molar-refractivity contribution in [3.05, 3.63) is 20.8 Å². The molecule has 0 bridgehead atoms. The van der Waals surface area contributed by atoms with Gasteiger partial charge in [0, 0.05) is 4.88 Å². The van der Waals surface area contributed by atoms with E-state index in [-0.39, 0.29) is 23.9 Å². The van der Waals surface area contributed by atoms with Gasteiger partial charge in [-0.2, -0.15) is 0 Å². The zero-order chi connectivity index (χ0) is 13.3. The number of nitrogen functional groups attached to an aromatic ring is 1. The van der Waals surface area contributed by atoms with Crippen LogP contribution in [-0.4, -0.2) is 23.0 Å². The van der Waals surface area contributed by atoms with E-state index in [1.54, 1.807) is 0 Å². The lowest BCUT2D eigenvalue weighted by Crippen LogP contribution is -2.10. The minimum Gasteiger partial charge on any atom is -0.469 e. The van der Waals surface area contributed by atoms with Gasteiger partial charge in [-0.3, -0.25) is 14.6 Å². The molecule has 0 aliphatic heterocycles. The number of fused-ring (bicyclic) bond motifs is 1. The molecule has 0 aliphatic rings. The van der Waals surface area contributed by atoms with E-state index in [4.69, 9.17) is 5.73 Å². The summed E-state index contributed by atoms with van der Waals surface area (Å²) in [5.41, 5.74) is 6.11. The van der Waals surface area contributed by atoms with E-state index >= 15 is 0 Å². The molecule has 0 aromatic carbocycles. The van der Waals surface area contributed by atoms with Crippen molar-refractivity contribution in [2.24, 2.45) is 0 Å². The van der Waals surface area contributed by atoms with Gasteiger partial charge in [-0.1, -0.05) is 0 Å². The Balaban J connectivity index is 2.41. The first-order valence-corrected chi connectivity index (χ1v) is 6.19. The molecule has 2 rings (SSSR count). The van der Waals surface area contributed by atoms with Gasteiger partial charge in [-0.25, -0.2) is 4.98 Å². The molecule has 0 aliphatic carbocycles. The van der Waals surface area contributed by atoms with E-state index < -0.39 is 0 Å². The summed E-state index contributed by atoms with van der Waals surface area (Å²) in [6, 6.07) is 0. The number of thiophene rings is 1. The van der Waals surface area contributed by atoms with Gasteiger partial charge in [-0.15, -0.1) is 11.3 Å². The highest BCUT2D eigenvalue weighted by Gasteiger charge is 2.14. The number of anilines is 1. The smallest absolute Gasteiger partial charge is 0.305 e. The number of ether oxygens (including phenoxy) is 1. The SMILES string of the molecule is COC(=O)CCc1sc2nc(N)[nH]c(=O)c2c1C. The summed E-state index contributed by atoms with van der Waals surface area (Å²) in [5.74, 6) is -0.165. The van der Waals surface area contributed by atoms with Crippen LogP contribution in [0.2, 0.25) is 0 Å². The number of nitrogens with two attached hydrogens (primary N) is 1. The van der Waals surface area contributed by atoms with Gasteiger partial charge in [0.25, 0.3) is 5.56 Å². The molecule has 0 amide bonds. The second kappa shape index (κ2) is 4.77. The summed E-state index contributed by atoms with van der Waals surface area (Å²) < 4.78 is 4.59. The zero-order valence-electron chi connectivity index (χ0n) is 10.1. The molecule has 18 heavy (non-hydrogen) atoms. The fourth-order valence-electron chi connectivity index (χ4n) is 1.76. The molecule has 2 heterocycles. The van der Waals surface area contributed by atoms with E-state index in [0.29, 0.717) is 16.6 Å². The number of hydrogen-bond acceptors (Lipinski definition) is 6. The molecule has 7 heteroatoms. The Bertz CT molecular complexity index is 659. The van der Waals surface area contributed by atoms with Crippen LogP contribution in [0.25, 0.3) is 10.2 Å². The van der Waals surface area contributed by atoms with Crippen molar-refractivity contribution in [2.45, 2.75) is 19.8 Å². The number of aromatic amines is 1. The summed E-state index contributed by atoms with van der Waals surface area (Å²) in [7, 11) is 1.35. The van der Waals surface area contributed by atoms with Crippen LogP contribution in [0, 0.1) is 6.92 Å². The van der Waals surface area contributed by atoms with Crippen LogP contribution in [0.5, 0.6) is 0 Å². The van der Waals surface area contributed by atoms with Crippen LogP contribution >= 0.6 is 11.3 Å². The van der Waals surface area contributed by atoms with Crippen LogP contribution in [0.15, 0.2) is 4.79 Å². The number of rotatable bonds is 3. The molecule has 0 atom stereocenters. The lowest BCUT2D eigenvalue weighted by Gasteiger charge is -1.98. The average Bonchev–Trinajstić information content (AvgIpc) is 2.62.